The van der Waals surface area contributed by atoms with E-state index in [0.29, 0.717) is 5.76 Å². The van der Waals surface area contributed by atoms with Gasteiger partial charge in [0.25, 0.3) is 0 Å². The molecule has 0 amide bonds. The first-order valence-corrected chi connectivity index (χ1v) is 4.10. The molecule has 3 rings (SSSR count). The largest absolute Gasteiger partial charge is 0.465 e. The molecule has 1 aromatic heterocycles. The van der Waals surface area contributed by atoms with Crippen molar-refractivity contribution in [1.82, 2.24) is 0 Å². The van der Waals surface area contributed by atoms with E-state index in [4.69, 9.17) is 4.42 Å². The fraction of sp³-hybridized carbons (Fsp3) is 0.333. The van der Waals surface area contributed by atoms with Crippen molar-refractivity contribution in [3.8, 4) is 0 Å². The number of cyclic esters (lactones) is 2. The quantitative estimate of drug-likeness (QED) is 0.438. The number of rotatable bonds is 0. The van der Waals surface area contributed by atoms with Crippen LogP contribution in [0.15, 0.2) is 16.5 Å². The molecule has 2 aliphatic heterocycles. The normalized spacial score (nSPS) is 30.2. The molecule has 2 atom stereocenters. The Morgan fingerprint density at radius 2 is 2.00 bits per heavy atom. The van der Waals surface area contributed by atoms with E-state index in [0.717, 1.165) is 5.76 Å². The molecule has 4 nitrogen and oxygen atoms in total. The molecule has 1 fully saturated rings. The molecule has 0 aromatic carbocycles. The SMILES string of the molecule is O=C1CC2c3ccc(o3)[C@H]2C(=O)O1. The minimum Gasteiger partial charge on any atom is -0.465 e. The minimum atomic E-state index is -0.476. The van der Waals surface area contributed by atoms with Crippen molar-refractivity contribution in [3.63, 3.8) is 0 Å². The van der Waals surface area contributed by atoms with Gasteiger partial charge in [0.15, 0.2) is 0 Å². The number of carbonyl (C=O) groups excluding carboxylic acids is 2. The molecule has 13 heavy (non-hydrogen) atoms. The molecule has 4 heteroatoms. The number of furan rings is 1. The second-order valence-electron chi connectivity index (χ2n) is 3.32. The number of ether oxygens (including phenoxy) is 1. The van der Waals surface area contributed by atoms with E-state index in [-0.39, 0.29) is 18.3 Å². The summed E-state index contributed by atoms with van der Waals surface area (Å²) in [5, 5.41) is 0. The maximum atomic E-state index is 11.3. The Morgan fingerprint density at radius 3 is 2.85 bits per heavy atom. The van der Waals surface area contributed by atoms with Gasteiger partial charge in [-0.1, -0.05) is 0 Å². The van der Waals surface area contributed by atoms with Gasteiger partial charge in [0.1, 0.15) is 17.4 Å². The molecule has 3 heterocycles. The number of esters is 2. The lowest BCUT2D eigenvalue weighted by Crippen LogP contribution is -2.30. The lowest BCUT2D eigenvalue weighted by atomic mass is 9.83. The van der Waals surface area contributed by atoms with Gasteiger partial charge in [-0.2, -0.15) is 0 Å². The third-order valence-corrected chi connectivity index (χ3v) is 2.58. The Hall–Kier alpha value is -1.58. The van der Waals surface area contributed by atoms with Crippen LogP contribution in [-0.4, -0.2) is 11.9 Å². The van der Waals surface area contributed by atoms with Crippen molar-refractivity contribution in [2.24, 2.45) is 0 Å². The molecule has 1 saturated heterocycles. The van der Waals surface area contributed by atoms with Gasteiger partial charge < -0.3 is 9.15 Å². The zero-order valence-electron chi connectivity index (χ0n) is 6.65. The molecule has 0 spiro atoms. The van der Waals surface area contributed by atoms with Gasteiger partial charge in [-0.3, -0.25) is 9.59 Å². The lowest BCUT2D eigenvalue weighted by Gasteiger charge is -2.22. The third-order valence-electron chi connectivity index (χ3n) is 2.58. The molecule has 2 aliphatic rings. The highest BCUT2D eigenvalue weighted by Gasteiger charge is 2.47. The molecule has 1 aromatic rings. The molecule has 2 bridgehead atoms. The monoisotopic (exact) mass is 178 g/mol. The minimum absolute atomic E-state index is 0.103. The summed E-state index contributed by atoms with van der Waals surface area (Å²) in [6, 6.07) is 3.57. The van der Waals surface area contributed by atoms with Crippen molar-refractivity contribution in [1.29, 1.82) is 0 Å². The van der Waals surface area contributed by atoms with E-state index in [1.807, 2.05) is 6.07 Å². The molecular weight excluding hydrogens is 172 g/mol. The van der Waals surface area contributed by atoms with E-state index in [1.165, 1.54) is 0 Å². The Kier molecular flexibility index (Phi) is 1.07. The van der Waals surface area contributed by atoms with Crippen molar-refractivity contribution >= 4 is 11.9 Å². The first-order chi connectivity index (χ1) is 6.25. The second-order valence-corrected chi connectivity index (χ2v) is 3.32. The smallest absolute Gasteiger partial charge is 0.325 e. The molecule has 66 valence electrons. The maximum Gasteiger partial charge on any atom is 0.325 e. The summed E-state index contributed by atoms with van der Waals surface area (Å²) in [5.74, 6) is -0.0477. The standard InChI is InChI=1S/C9H6O4/c10-7-3-4-5-1-2-6(12-5)8(4)9(11)13-7/h1-2,4,8H,3H2/t4?,8-/m0/s1. The van der Waals surface area contributed by atoms with Crippen molar-refractivity contribution in [2.75, 3.05) is 0 Å². The maximum absolute atomic E-state index is 11.3. The molecule has 0 aliphatic carbocycles. The van der Waals surface area contributed by atoms with Crippen LogP contribution in [0.2, 0.25) is 0 Å². The fourth-order valence-corrected chi connectivity index (χ4v) is 1.99. The van der Waals surface area contributed by atoms with Gasteiger partial charge in [0.05, 0.1) is 6.42 Å². The fourth-order valence-electron chi connectivity index (χ4n) is 1.99. The Labute approximate surface area is 73.5 Å². The summed E-state index contributed by atoms with van der Waals surface area (Å²) in [4.78, 5) is 22.2. The number of hydrogen-bond acceptors (Lipinski definition) is 4. The van der Waals surface area contributed by atoms with Crippen LogP contribution < -0.4 is 0 Å². The van der Waals surface area contributed by atoms with Gasteiger partial charge in [-0.05, 0) is 12.1 Å². The molecule has 1 unspecified atom stereocenters. The van der Waals surface area contributed by atoms with Crippen LogP contribution in [0.4, 0.5) is 0 Å². The molecule has 0 saturated carbocycles. The average Bonchev–Trinajstić information content (AvgIpc) is 2.62. The van der Waals surface area contributed by atoms with E-state index in [1.54, 1.807) is 6.07 Å². The van der Waals surface area contributed by atoms with Crippen LogP contribution >= 0.6 is 0 Å². The number of hydrogen-bond donors (Lipinski definition) is 0. The van der Waals surface area contributed by atoms with E-state index >= 15 is 0 Å². The van der Waals surface area contributed by atoms with Crippen molar-refractivity contribution < 1.29 is 18.7 Å². The molecular formula is C9H6O4. The van der Waals surface area contributed by atoms with E-state index in [9.17, 15) is 9.59 Å². The summed E-state index contributed by atoms with van der Waals surface area (Å²) >= 11 is 0. The second kappa shape index (κ2) is 2.02. The zero-order chi connectivity index (χ0) is 9.00. The van der Waals surface area contributed by atoms with Gasteiger partial charge in [0.2, 0.25) is 0 Å². The highest BCUT2D eigenvalue weighted by Crippen LogP contribution is 2.46. The molecule has 0 N–H and O–H groups in total. The highest BCUT2D eigenvalue weighted by atomic mass is 16.6. The lowest BCUT2D eigenvalue weighted by molar-refractivity contribution is -0.165. The topological polar surface area (TPSA) is 56.5 Å². The summed E-state index contributed by atoms with van der Waals surface area (Å²) in [7, 11) is 0. The Bertz CT molecular complexity index is 404. The third kappa shape index (κ3) is 0.748. The van der Waals surface area contributed by atoms with Crippen LogP contribution in [0.5, 0.6) is 0 Å². The van der Waals surface area contributed by atoms with Gasteiger partial charge >= 0.3 is 11.9 Å². The predicted octanol–water partition coefficient (Wildman–Crippen LogP) is 0.934. The predicted molar refractivity (Wildman–Crippen MR) is 39.9 cm³/mol. The average molecular weight is 178 g/mol. The first kappa shape index (κ1) is 6.88. The van der Waals surface area contributed by atoms with Crippen LogP contribution in [0.3, 0.4) is 0 Å². The van der Waals surface area contributed by atoms with Crippen LogP contribution in [0, 0.1) is 0 Å². The summed E-state index contributed by atoms with van der Waals surface area (Å²) in [6.07, 6.45) is 0.250. The van der Waals surface area contributed by atoms with Gasteiger partial charge in [-0.15, -0.1) is 0 Å². The van der Waals surface area contributed by atoms with E-state index < -0.39 is 11.9 Å². The highest BCUT2D eigenvalue weighted by molar-refractivity contribution is 5.94. The summed E-state index contributed by atoms with van der Waals surface area (Å²) in [5.41, 5.74) is 0. The van der Waals surface area contributed by atoms with Crippen LogP contribution in [0.25, 0.3) is 0 Å². The van der Waals surface area contributed by atoms with Gasteiger partial charge in [-0.25, -0.2) is 0 Å². The van der Waals surface area contributed by atoms with E-state index in [2.05, 4.69) is 4.74 Å². The first-order valence-electron chi connectivity index (χ1n) is 4.10. The summed E-state index contributed by atoms with van der Waals surface area (Å²) < 4.78 is 9.83. The van der Waals surface area contributed by atoms with Crippen molar-refractivity contribution in [2.45, 2.75) is 18.3 Å². The van der Waals surface area contributed by atoms with Crippen LogP contribution in [0.1, 0.15) is 29.8 Å². The van der Waals surface area contributed by atoms with Gasteiger partial charge in [0, 0.05) is 5.92 Å². The summed E-state index contributed by atoms with van der Waals surface area (Å²) in [6.45, 7) is 0. The Morgan fingerprint density at radius 1 is 1.23 bits per heavy atom. The van der Waals surface area contributed by atoms with Crippen molar-refractivity contribution in [3.05, 3.63) is 23.7 Å². The molecule has 0 radical (unpaired) electrons. The van der Waals surface area contributed by atoms with Crippen LogP contribution in [-0.2, 0) is 14.3 Å². The Balaban J connectivity index is 2.08. The number of carbonyl (C=O) groups is 2. The zero-order valence-corrected chi connectivity index (χ0v) is 6.65. The number of fused-ring (bicyclic) bond motifs is 5.